The predicted octanol–water partition coefficient (Wildman–Crippen LogP) is 2.72. The van der Waals surface area contributed by atoms with Crippen LogP contribution in [0.15, 0.2) is 12.1 Å². The van der Waals surface area contributed by atoms with Gasteiger partial charge in [-0.15, -0.1) is 0 Å². The topological polar surface area (TPSA) is 38.5 Å². The minimum atomic E-state index is 0.0769. The van der Waals surface area contributed by atoms with Gasteiger partial charge in [-0.2, -0.15) is 0 Å². The lowest BCUT2D eigenvalue weighted by atomic mass is 9.94. The second-order valence-electron chi connectivity index (χ2n) is 6.39. The lowest BCUT2D eigenvalue weighted by Crippen LogP contribution is -2.47. The molecule has 1 aromatic carbocycles. The van der Waals surface area contributed by atoms with Crippen LogP contribution in [0.3, 0.4) is 0 Å². The van der Waals surface area contributed by atoms with Crippen LogP contribution >= 0.6 is 0 Å². The lowest BCUT2D eigenvalue weighted by molar-refractivity contribution is -0.0691. The van der Waals surface area contributed by atoms with Gasteiger partial charge in [0.05, 0.1) is 12.2 Å². The fourth-order valence-corrected chi connectivity index (χ4v) is 3.58. The van der Waals surface area contributed by atoms with Gasteiger partial charge in [-0.25, -0.2) is 0 Å². The molecule has 2 rings (SSSR count). The number of hydrogen-bond acceptors (Lipinski definition) is 3. The number of rotatable bonds is 3. The maximum Gasteiger partial charge on any atom is 0.0678 e. The summed E-state index contributed by atoms with van der Waals surface area (Å²) in [5.41, 5.74) is 11.7. The van der Waals surface area contributed by atoms with E-state index in [4.69, 9.17) is 10.5 Å². The summed E-state index contributed by atoms with van der Waals surface area (Å²) in [6.07, 6.45) is 0.595. The maximum atomic E-state index is 6.49. The third-order valence-corrected chi connectivity index (χ3v) is 4.06. The van der Waals surface area contributed by atoms with Gasteiger partial charge in [0.2, 0.25) is 0 Å². The minimum Gasteiger partial charge on any atom is -0.373 e. The van der Waals surface area contributed by atoms with E-state index in [0.29, 0.717) is 12.2 Å². The van der Waals surface area contributed by atoms with Crippen molar-refractivity contribution in [3.05, 3.63) is 34.4 Å². The zero-order valence-electron chi connectivity index (χ0n) is 13.4. The summed E-state index contributed by atoms with van der Waals surface area (Å²) in [7, 11) is 0. The molecule has 112 valence electrons. The zero-order chi connectivity index (χ0) is 14.9. The third-order valence-electron chi connectivity index (χ3n) is 4.06. The largest absolute Gasteiger partial charge is 0.373 e. The molecular weight excluding hydrogens is 248 g/mol. The molecular formula is C17H28N2O. The van der Waals surface area contributed by atoms with E-state index in [-0.39, 0.29) is 6.04 Å². The smallest absolute Gasteiger partial charge is 0.0678 e. The lowest BCUT2D eigenvalue weighted by Gasteiger charge is -2.37. The molecule has 1 aromatic rings. The van der Waals surface area contributed by atoms with Gasteiger partial charge >= 0.3 is 0 Å². The van der Waals surface area contributed by atoms with E-state index >= 15 is 0 Å². The third kappa shape index (κ3) is 3.60. The van der Waals surface area contributed by atoms with Crippen LogP contribution in [-0.4, -0.2) is 36.7 Å². The van der Waals surface area contributed by atoms with Crippen molar-refractivity contribution in [3.63, 3.8) is 0 Å². The standard InChI is InChI=1S/C17H28N2O/c1-11-6-12(2)17(13(3)7-11)16(18)10-19-8-14(4)20-15(5)9-19/h6-7,14-16H,8-10,18H2,1-5H3. The van der Waals surface area contributed by atoms with E-state index in [9.17, 15) is 0 Å². The number of nitrogens with zero attached hydrogens (tertiary/aromatic N) is 1. The zero-order valence-corrected chi connectivity index (χ0v) is 13.4. The van der Waals surface area contributed by atoms with Crippen molar-refractivity contribution >= 4 is 0 Å². The van der Waals surface area contributed by atoms with Crippen LogP contribution in [-0.2, 0) is 4.74 Å². The van der Waals surface area contributed by atoms with Crippen LogP contribution in [0, 0.1) is 20.8 Å². The van der Waals surface area contributed by atoms with Crippen molar-refractivity contribution in [2.75, 3.05) is 19.6 Å². The molecule has 1 heterocycles. The molecule has 0 amide bonds. The van der Waals surface area contributed by atoms with Crippen LogP contribution < -0.4 is 5.73 Å². The van der Waals surface area contributed by atoms with Crippen molar-refractivity contribution < 1.29 is 4.74 Å². The normalized spacial score (nSPS) is 25.7. The molecule has 3 heteroatoms. The van der Waals surface area contributed by atoms with Crippen molar-refractivity contribution in [3.8, 4) is 0 Å². The molecule has 1 aliphatic heterocycles. The number of hydrogen-bond donors (Lipinski definition) is 1. The number of nitrogens with two attached hydrogens (primary N) is 1. The summed E-state index contributed by atoms with van der Waals surface area (Å²) in [6.45, 7) is 13.6. The van der Waals surface area contributed by atoms with Gasteiger partial charge in [0.15, 0.2) is 0 Å². The molecule has 2 N–H and O–H groups in total. The van der Waals surface area contributed by atoms with E-state index < -0.39 is 0 Å². The fraction of sp³-hybridized carbons (Fsp3) is 0.647. The number of aryl methyl sites for hydroxylation is 3. The first kappa shape index (κ1) is 15.5. The molecule has 0 aromatic heterocycles. The Labute approximate surface area is 123 Å². The summed E-state index contributed by atoms with van der Waals surface area (Å²) >= 11 is 0. The Kier molecular flexibility index (Phi) is 4.84. The molecule has 1 fully saturated rings. The van der Waals surface area contributed by atoms with E-state index in [1.54, 1.807) is 0 Å². The summed E-state index contributed by atoms with van der Waals surface area (Å²) in [6, 6.07) is 4.53. The molecule has 0 saturated carbocycles. The molecule has 0 bridgehead atoms. The van der Waals surface area contributed by atoms with Gasteiger partial charge in [0, 0.05) is 25.7 Å². The molecule has 0 radical (unpaired) electrons. The molecule has 1 saturated heterocycles. The first-order chi connectivity index (χ1) is 9.36. The van der Waals surface area contributed by atoms with Gasteiger partial charge in [-0.3, -0.25) is 4.90 Å². The molecule has 3 unspecified atom stereocenters. The van der Waals surface area contributed by atoms with Crippen LogP contribution in [0.1, 0.15) is 42.1 Å². The molecule has 0 aliphatic carbocycles. The second-order valence-corrected chi connectivity index (χ2v) is 6.39. The summed E-state index contributed by atoms with van der Waals surface area (Å²) < 4.78 is 5.78. The van der Waals surface area contributed by atoms with Crippen molar-refractivity contribution in [2.45, 2.75) is 52.9 Å². The minimum absolute atomic E-state index is 0.0769. The highest BCUT2D eigenvalue weighted by Gasteiger charge is 2.24. The molecule has 3 nitrogen and oxygen atoms in total. The van der Waals surface area contributed by atoms with Gasteiger partial charge in [0.1, 0.15) is 0 Å². The van der Waals surface area contributed by atoms with Gasteiger partial charge in [0.25, 0.3) is 0 Å². The first-order valence-corrected chi connectivity index (χ1v) is 7.58. The number of morpholine rings is 1. The van der Waals surface area contributed by atoms with Crippen molar-refractivity contribution in [2.24, 2.45) is 5.73 Å². The average Bonchev–Trinajstić information content (AvgIpc) is 2.25. The van der Waals surface area contributed by atoms with Crippen LogP contribution in [0.2, 0.25) is 0 Å². The number of benzene rings is 1. The van der Waals surface area contributed by atoms with Crippen LogP contribution in [0.4, 0.5) is 0 Å². The van der Waals surface area contributed by atoms with E-state index in [1.165, 1.54) is 22.3 Å². The summed E-state index contributed by atoms with van der Waals surface area (Å²) in [5.74, 6) is 0. The molecule has 0 spiro atoms. The van der Waals surface area contributed by atoms with E-state index in [1.807, 2.05) is 0 Å². The second kappa shape index (κ2) is 6.25. The Balaban J connectivity index is 2.10. The Bertz CT molecular complexity index is 439. The molecule has 20 heavy (non-hydrogen) atoms. The fourth-order valence-electron chi connectivity index (χ4n) is 3.58. The summed E-state index contributed by atoms with van der Waals surface area (Å²) in [4.78, 5) is 2.43. The maximum absolute atomic E-state index is 6.49. The Morgan fingerprint density at radius 1 is 1.15 bits per heavy atom. The van der Waals surface area contributed by atoms with Crippen LogP contribution in [0.5, 0.6) is 0 Å². The van der Waals surface area contributed by atoms with Crippen LogP contribution in [0.25, 0.3) is 0 Å². The average molecular weight is 276 g/mol. The highest BCUT2D eigenvalue weighted by molar-refractivity contribution is 5.39. The SMILES string of the molecule is Cc1cc(C)c(C(N)CN2CC(C)OC(C)C2)c(C)c1. The predicted molar refractivity (Wildman–Crippen MR) is 84.0 cm³/mol. The Morgan fingerprint density at radius 2 is 1.65 bits per heavy atom. The quantitative estimate of drug-likeness (QED) is 0.922. The van der Waals surface area contributed by atoms with Gasteiger partial charge in [-0.1, -0.05) is 17.7 Å². The highest BCUT2D eigenvalue weighted by Crippen LogP contribution is 2.24. The van der Waals surface area contributed by atoms with E-state index in [0.717, 1.165) is 19.6 Å². The highest BCUT2D eigenvalue weighted by atomic mass is 16.5. The Hall–Kier alpha value is -0.900. The van der Waals surface area contributed by atoms with Crippen molar-refractivity contribution in [1.29, 1.82) is 0 Å². The molecule has 3 atom stereocenters. The first-order valence-electron chi connectivity index (χ1n) is 7.58. The van der Waals surface area contributed by atoms with Crippen molar-refractivity contribution in [1.82, 2.24) is 4.90 Å². The monoisotopic (exact) mass is 276 g/mol. The van der Waals surface area contributed by atoms with Gasteiger partial charge in [-0.05, 0) is 51.3 Å². The van der Waals surface area contributed by atoms with E-state index in [2.05, 4.69) is 51.7 Å². The summed E-state index contributed by atoms with van der Waals surface area (Å²) in [5, 5.41) is 0. The number of ether oxygens (including phenoxy) is 1. The Morgan fingerprint density at radius 3 is 2.15 bits per heavy atom. The van der Waals surface area contributed by atoms with Gasteiger partial charge < -0.3 is 10.5 Å². The molecule has 1 aliphatic rings.